The van der Waals surface area contributed by atoms with Gasteiger partial charge in [0.15, 0.2) is 0 Å². The summed E-state index contributed by atoms with van der Waals surface area (Å²) in [6.07, 6.45) is 6.85. The van der Waals surface area contributed by atoms with Crippen LogP contribution in [0.3, 0.4) is 0 Å². The molecule has 0 aromatic heterocycles. The zero-order chi connectivity index (χ0) is 8.27. The molecular weight excluding hydrogens is 134 g/mol. The molecule has 0 bridgehead atoms. The second-order valence-corrected chi connectivity index (χ2v) is 3.48. The summed E-state index contributed by atoms with van der Waals surface area (Å²) in [7, 11) is 0. The molecule has 1 heteroatoms. The van der Waals surface area contributed by atoms with Gasteiger partial charge in [-0.25, -0.2) is 0 Å². The number of nitrogens with two attached hydrogens (primary N) is 1. The molecule has 0 saturated heterocycles. The van der Waals surface area contributed by atoms with Crippen molar-refractivity contribution in [2.75, 3.05) is 0 Å². The molecule has 0 saturated carbocycles. The second-order valence-electron chi connectivity index (χ2n) is 3.48. The zero-order valence-electron chi connectivity index (χ0n) is 7.27. The summed E-state index contributed by atoms with van der Waals surface area (Å²) in [5.74, 6) is 0. The smallest absolute Gasteiger partial charge is 0.0229 e. The van der Waals surface area contributed by atoms with Crippen molar-refractivity contribution in [2.24, 2.45) is 5.73 Å². The number of hydrogen-bond acceptors (Lipinski definition) is 1. The van der Waals surface area contributed by atoms with E-state index >= 15 is 0 Å². The normalized spacial score (nSPS) is 23.5. The van der Waals surface area contributed by atoms with Gasteiger partial charge in [-0.15, -0.1) is 6.58 Å². The summed E-state index contributed by atoms with van der Waals surface area (Å²) in [4.78, 5) is 0. The lowest BCUT2D eigenvalue weighted by molar-refractivity contribution is 0.762. The van der Waals surface area contributed by atoms with Crippen LogP contribution in [0.15, 0.2) is 23.8 Å². The predicted molar refractivity (Wildman–Crippen MR) is 49.3 cm³/mol. The molecule has 1 rings (SSSR count). The molecule has 1 aliphatic rings. The summed E-state index contributed by atoms with van der Waals surface area (Å²) in [5.41, 5.74) is 8.53. The number of hydrogen-bond donors (Lipinski definition) is 1. The van der Waals surface area contributed by atoms with E-state index < -0.39 is 0 Å². The molecule has 0 spiro atoms. The average Bonchev–Trinajstić information content (AvgIpc) is 2.31. The lowest BCUT2D eigenvalue weighted by atomic mass is 10.1. The number of allylic oxidation sites excluding steroid dienone is 2. The zero-order valence-corrected chi connectivity index (χ0v) is 7.27. The first-order valence-corrected chi connectivity index (χ1v) is 4.28. The van der Waals surface area contributed by atoms with Crippen LogP contribution in [0.5, 0.6) is 0 Å². The van der Waals surface area contributed by atoms with Crippen molar-refractivity contribution >= 4 is 0 Å². The minimum absolute atomic E-state index is 0.329. The maximum Gasteiger partial charge on any atom is 0.0229 e. The van der Waals surface area contributed by atoms with Gasteiger partial charge in [0.25, 0.3) is 0 Å². The van der Waals surface area contributed by atoms with E-state index in [0.29, 0.717) is 6.04 Å². The van der Waals surface area contributed by atoms with Crippen LogP contribution in [-0.4, -0.2) is 6.04 Å². The maximum absolute atomic E-state index is 5.73. The third-order valence-electron chi connectivity index (χ3n) is 2.12. The number of rotatable bonds is 3. The molecule has 1 nitrogen and oxygen atoms in total. The summed E-state index contributed by atoms with van der Waals surface area (Å²) >= 11 is 0. The molecule has 11 heavy (non-hydrogen) atoms. The Bertz CT molecular complexity index is 179. The first-order valence-electron chi connectivity index (χ1n) is 4.28. The molecular formula is C10H17N. The Morgan fingerprint density at radius 3 is 3.00 bits per heavy atom. The molecule has 1 atom stereocenters. The largest absolute Gasteiger partial charge is 0.324 e. The van der Waals surface area contributed by atoms with Gasteiger partial charge in [0.1, 0.15) is 0 Å². The molecule has 62 valence electrons. The molecule has 0 radical (unpaired) electrons. The summed E-state index contributed by atoms with van der Waals surface area (Å²) in [6, 6.07) is 0.329. The van der Waals surface area contributed by atoms with Crippen LogP contribution in [0.4, 0.5) is 0 Å². The van der Waals surface area contributed by atoms with Crippen molar-refractivity contribution in [1.82, 2.24) is 0 Å². The highest BCUT2D eigenvalue weighted by atomic mass is 14.6. The van der Waals surface area contributed by atoms with E-state index in [9.17, 15) is 0 Å². The highest BCUT2D eigenvalue weighted by Gasteiger charge is 2.10. The van der Waals surface area contributed by atoms with Crippen LogP contribution < -0.4 is 5.73 Å². The van der Waals surface area contributed by atoms with Gasteiger partial charge in [0.2, 0.25) is 0 Å². The first kappa shape index (κ1) is 8.54. The van der Waals surface area contributed by atoms with Gasteiger partial charge in [0.05, 0.1) is 0 Å². The summed E-state index contributed by atoms with van der Waals surface area (Å²) < 4.78 is 0. The maximum atomic E-state index is 5.73. The lowest BCUT2D eigenvalue weighted by Crippen LogP contribution is -2.11. The van der Waals surface area contributed by atoms with Gasteiger partial charge in [0, 0.05) is 6.04 Å². The Morgan fingerprint density at radius 2 is 2.55 bits per heavy atom. The molecule has 0 heterocycles. The molecule has 1 unspecified atom stereocenters. The third-order valence-corrected chi connectivity index (χ3v) is 2.12. The van der Waals surface area contributed by atoms with E-state index in [1.165, 1.54) is 24.0 Å². The fourth-order valence-corrected chi connectivity index (χ4v) is 1.40. The first-order chi connectivity index (χ1) is 5.18. The predicted octanol–water partition coefficient (Wildman–Crippen LogP) is 2.39. The highest BCUT2D eigenvalue weighted by Crippen LogP contribution is 2.22. The summed E-state index contributed by atoms with van der Waals surface area (Å²) in [5, 5.41) is 0. The van der Waals surface area contributed by atoms with E-state index in [2.05, 4.69) is 19.6 Å². The van der Waals surface area contributed by atoms with Gasteiger partial charge in [-0.1, -0.05) is 17.2 Å². The third kappa shape index (κ3) is 2.89. The Labute approximate surface area is 69.0 Å². The Hall–Kier alpha value is -0.560. The monoisotopic (exact) mass is 151 g/mol. The van der Waals surface area contributed by atoms with E-state index in [0.717, 1.165) is 12.8 Å². The van der Waals surface area contributed by atoms with E-state index in [1.54, 1.807) is 0 Å². The van der Waals surface area contributed by atoms with Gasteiger partial charge in [-0.3, -0.25) is 0 Å². The fraction of sp³-hybridized carbons (Fsp3) is 0.600. The quantitative estimate of drug-likeness (QED) is 0.616. The van der Waals surface area contributed by atoms with E-state index in [1.807, 2.05) is 0 Å². The topological polar surface area (TPSA) is 26.0 Å². The van der Waals surface area contributed by atoms with Crippen LogP contribution in [0, 0.1) is 0 Å². The van der Waals surface area contributed by atoms with Crippen LogP contribution in [0.25, 0.3) is 0 Å². The van der Waals surface area contributed by atoms with Crippen molar-refractivity contribution in [1.29, 1.82) is 0 Å². The van der Waals surface area contributed by atoms with E-state index in [-0.39, 0.29) is 0 Å². The Kier molecular flexibility index (Phi) is 2.89. The minimum Gasteiger partial charge on any atom is -0.324 e. The second kappa shape index (κ2) is 3.72. The van der Waals surface area contributed by atoms with Crippen LogP contribution in [0.2, 0.25) is 0 Å². The van der Waals surface area contributed by atoms with Gasteiger partial charge in [-0.05, 0) is 32.6 Å². The van der Waals surface area contributed by atoms with Crippen LogP contribution in [-0.2, 0) is 0 Å². The SMILES string of the molecule is C=C(C)CCC1=CC(N)CC1. The van der Waals surface area contributed by atoms with E-state index in [4.69, 9.17) is 5.73 Å². The van der Waals surface area contributed by atoms with Gasteiger partial charge in [-0.2, -0.15) is 0 Å². The molecule has 0 aromatic carbocycles. The molecule has 1 aliphatic carbocycles. The molecule has 0 aliphatic heterocycles. The standard InChI is InChI=1S/C10H17N/c1-8(2)3-4-9-5-6-10(11)7-9/h7,10H,1,3-6,11H2,2H3. The molecule has 0 aromatic rings. The Morgan fingerprint density at radius 1 is 1.82 bits per heavy atom. The lowest BCUT2D eigenvalue weighted by Gasteiger charge is -1.99. The van der Waals surface area contributed by atoms with Gasteiger partial charge < -0.3 is 5.73 Å². The van der Waals surface area contributed by atoms with Crippen molar-refractivity contribution in [3.05, 3.63) is 23.8 Å². The minimum atomic E-state index is 0.329. The molecule has 2 N–H and O–H groups in total. The molecule has 0 fully saturated rings. The van der Waals surface area contributed by atoms with Crippen molar-refractivity contribution < 1.29 is 0 Å². The fourth-order valence-electron chi connectivity index (χ4n) is 1.40. The van der Waals surface area contributed by atoms with Crippen molar-refractivity contribution in [3.8, 4) is 0 Å². The van der Waals surface area contributed by atoms with Crippen LogP contribution in [0.1, 0.15) is 32.6 Å². The highest BCUT2D eigenvalue weighted by molar-refractivity contribution is 5.14. The average molecular weight is 151 g/mol. The van der Waals surface area contributed by atoms with Crippen molar-refractivity contribution in [2.45, 2.75) is 38.6 Å². The molecule has 0 amide bonds. The summed E-state index contributed by atoms with van der Waals surface area (Å²) in [6.45, 7) is 5.96. The van der Waals surface area contributed by atoms with Crippen LogP contribution >= 0.6 is 0 Å². The van der Waals surface area contributed by atoms with Gasteiger partial charge >= 0.3 is 0 Å². The Balaban J connectivity index is 2.27. The van der Waals surface area contributed by atoms with Crippen molar-refractivity contribution in [3.63, 3.8) is 0 Å².